The van der Waals surface area contributed by atoms with Crippen LogP contribution < -0.4 is 23.8 Å². The number of nitrogens with zero attached hydrogens (tertiary/aromatic N) is 2. The molecule has 2 heterocycles. The van der Waals surface area contributed by atoms with Crippen molar-refractivity contribution in [3.05, 3.63) is 59.3 Å². The Balaban J connectivity index is 1.76. The zero-order valence-electron chi connectivity index (χ0n) is 29.4. The van der Waals surface area contributed by atoms with Crippen molar-refractivity contribution in [3.63, 3.8) is 0 Å². The highest BCUT2D eigenvalue weighted by atomic mass is 17.0. The number of allylic oxidation sites excluding steroid dienone is 1. The molecule has 3 aromatic carbocycles. The third-order valence-corrected chi connectivity index (χ3v) is 9.01. The number of benzene rings is 3. The van der Waals surface area contributed by atoms with Gasteiger partial charge in [-0.25, -0.2) is 0 Å². The number of ether oxygens (including phenoxy) is 4. The van der Waals surface area contributed by atoms with Gasteiger partial charge in [0.2, 0.25) is 5.75 Å². The van der Waals surface area contributed by atoms with Gasteiger partial charge in [-0.3, -0.25) is 29.2 Å². The highest BCUT2D eigenvalue weighted by Crippen LogP contribution is 2.58. The largest absolute Gasteiger partial charge is 0.578 e. The summed E-state index contributed by atoms with van der Waals surface area (Å²) in [6.07, 6.45) is 0.488. The van der Waals surface area contributed by atoms with E-state index >= 15 is 0 Å². The van der Waals surface area contributed by atoms with E-state index in [-0.39, 0.29) is 56.7 Å². The van der Waals surface area contributed by atoms with E-state index in [9.17, 15) is 44.9 Å². The maximum Gasteiger partial charge on any atom is 0.374 e. The highest BCUT2D eigenvalue weighted by molar-refractivity contribution is 5.96. The van der Waals surface area contributed by atoms with Gasteiger partial charge in [-0.1, -0.05) is 44.6 Å². The first-order valence-corrected chi connectivity index (χ1v) is 16.3. The maximum atomic E-state index is 14.6. The molecule has 0 bridgehead atoms. The van der Waals surface area contributed by atoms with Crippen LogP contribution in [0.3, 0.4) is 0 Å². The number of carbonyl (C=O) groups is 4. The van der Waals surface area contributed by atoms with Gasteiger partial charge in [0.25, 0.3) is 0 Å². The number of fused-ring (bicyclic) bond motifs is 2. The molecule has 0 spiro atoms. The van der Waals surface area contributed by atoms with Crippen LogP contribution in [0.2, 0.25) is 0 Å². The predicted molar refractivity (Wildman–Crippen MR) is 179 cm³/mol. The lowest BCUT2D eigenvalue weighted by atomic mass is 9.89. The molecule has 4 atom stereocenters. The van der Waals surface area contributed by atoms with E-state index in [2.05, 4.69) is 0 Å². The number of hydrogen-bond donors (Lipinski definition) is 4. The van der Waals surface area contributed by atoms with Crippen LogP contribution >= 0.6 is 0 Å². The molecule has 16 nitrogen and oxygen atoms in total. The maximum absolute atomic E-state index is 14.6. The number of quaternary nitrogens is 1. The quantitative estimate of drug-likeness (QED) is 0.0500. The number of rotatable bonds is 9. The van der Waals surface area contributed by atoms with Crippen molar-refractivity contribution >= 4 is 23.8 Å². The minimum atomic E-state index is -2.61. The molecule has 5 rings (SSSR count). The molecule has 16 heteroatoms. The van der Waals surface area contributed by atoms with Gasteiger partial charge < -0.3 is 39.5 Å². The number of amides is 1. The van der Waals surface area contributed by atoms with Crippen LogP contribution in [0.15, 0.2) is 54.0 Å². The summed E-state index contributed by atoms with van der Waals surface area (Å²) in [5.41, 5.74) is -3.50. The van der Waals surface area contributed by atoms with Crippen molar-refractivity contribution < 1.29 is 68.3 Å². The molecule has 2 aliphatic rings. The predicted octanol–water partition coefficient (Wildman–Crippen LogP) is 5.96. The molecule has 0 saturated heterocycles. The number of aliphatic hydroxyl groups excluding tert-OH is 1. The second-order valence-electron chi connectivity index (χ2n) is 12.5. The number of phenolic OH excluding ortho intramolecular Hbond substituents is 2. The van der Waals surface area contributed by atoms with Crippen LogP contribution in [-0.4, -0.2) is 59.9 Å². The fourth-order valence-electron chi connectivity index (χ4n) is 6.18. The molecule has 0 unspecified atom stereocenters. The minimum absolute atomic E-state index is 0.0501. The Kier molecular flexibility index (Phi) is 9.86. The fourth-order valence-corrected chi connectivity index (χ4v) is 6.18. The molecule has 1 amide bonds. The molecular weight excluding hydrogens is 684 g/mol. The van der Waals surface area contributed by atoms with E-state index in [1.54, 1.807) is 20.8 Å². The summed E-state index contributed by atoms with van der Waals surface area (Å²) in [4.78, 5) is 54.0. The van der Waals surface area contributed by atoms with Crippen LogP contribution in [0.4, 0.5) is 0 Å². The second kappa shape index (κ2) is 13.7. The van der Waals surface area contributed by atoms with Gasteiger partial charge >= 0.3 is 35.4 Å². The first-order chi connectivity index (χ1) is 24.4. The molecule has 52 heavy (non-hydrogen) atoms. The molecule has 0 fully saturated rings. The standard InChI is InChI=1S/C36H38N2O14/c1-8-17(3)29-34(44)38(47)36(18(4)9-2,35(45)37(29)46)51-26-16-23(12-15-25(26)52-38)28-31(43)30(42)27(22-10-13-24(14-11-22)48-19(5)39)32(49-20(6)40)33(28)50-21(7)41/h10-18,42-44,46H,8-9H2,1-7H3/t17-,18+,36+,38+/m0/s1. The Labute approximate surface area is 297 Å². The summed E-state index contributed by atoms with van der Waals surface area (Å²) in [5, 5.41) is 60.2. The monoisotopic (exact) mass is 722 g/mol. The Morgan fingerprint density at radius 3 is 1.85 bits per heavy atom. The zero-order valence-corrected chi connectivity index (χ0v) is 29.4. The van der Waals surface area contributed by atoms with Gasteiger partial charge in [-0.15, -0.1) is 0 Å². The van der Waals surface area contributed by atoms with E-state index in [1.165, 1.54) is 56.3 Å². The molecule has 0 saturated carbocycles. The zero-order chi connectivity index (χ0) is 38.4. The molecule has 0 aromatic heterocycles. The lowest BCUT2D eigenvalue weighted by molar-refractivity contribution is -1.08. The summed E-state index contributed by atoms with van der Waals surface area (Å²) < 4.78 is 22.2. The molecular formula is C36H38N2O14. The van der Waals surface area contributed by atoms with Gasteiger partial charge in [0, 0.05) is 26.7 Å². The number of hydrogen-bond acceptors (Lipinski definition) is 14. The number of esters is 3. The van der Waals surface area contributed by atoms with E-state index < -0.39 is 75.1 Å². The summed E-state index contributed by atoms with van der Waals surface area (Å²) in [6.45, 7) is 9.81. The fraction of sp³-hybridized carbons (Fsp3) is 0.333. The van der Waals surface area contributed by atoms with Gasteiger partial charge in [-0.2, -0.15) is 5.06 Å². The van der Waals surface area contributed by atoms with Crippen molar-refractivity contribution in [3.8, 4) is 62.5 Å². The Bertz CT molecular complexity index is 2010. The van der Waals surface area contributed by atoms with Crippen LogP contribution in [0.1, 0.15) is 61.3 Å². The lowest BCUT2D eigenvalue weighted by Gasteiger charge is -2.56. The summed E-state index contributed by atoms with van der Waals surface area (Å²) in [5.74, 6) is -9.22. The summed E-state index contributed by atoms with van der Waals surface area (Å²) >= 11 is 0. The summed E-state index contributed by atoms with van der Waals surface area (Å²) in [6, 6.07) is 9.26. The summed E-state index contributed by atoms with van der Waals surface area (Å²) in [7, 11) is 0. The van der Waals surface area contributed by atoms with Crippen LogP contribution in [-0.2, 0) is 19.2 Å². The highest BCUT2D eigenvalue weighted by Gasteiger charge is 2.72. The number of carbonyl (C=O) groups excluding carboxylic acids is 4. The average molecular weight is 723 g/mol. The lowest BCUT2D eigenvalue weighted by Crippen LogP contribution is -2.78. The van der Waals surface area contributed by atoms with E-state index in [4.69, 9.17) is 23.8 Å². The van der Waals surface area contributed by atoms with E-state index in [0.717, 1.165) is 13.8 Å². The molecule has 276 valence electrons. The van der Waals surface area contributed by atoms with Crippen LogP contribution in [0, 0.1) is 17.0 Å². The first-order valence-electron chi connectivity index (χ1n) is 16.3. The van der Waals surface area contributed by atoms with E-state index in [1.807, 2.05) is 0 Å². The Morgan fingerprint density at radius 2 is 1.35 bits per heavy atom. The van der Waals surface area contributed by atoms with E-state index in [0.29, 0.717) is 6.42 Å². The van der Waals surface area contributed by atoms with Crippen LogP contribution in [0.25, 0.3) is 22.3 Å². The number of phenols is 2. The Morgan fingerprint density at radius 1 is 0.827 bits per heavy atom. The number of hydroxylamine groups is 6. The van der Waals surface area contributed by atoms with Crippen molar-refractivity contribution in [1.29, 1.82) is 0 Å². The van der Waals surface area contributed by atoms with Gasteiger partial charge in [0.1, 0.15) is 5.75 Å². The van der Waals surface area contributed by atoms with Crippen molar-refractivity contribution in [1.82, 2.24) is 5.06 Å². The van der Waals surface area contributed by atoms with Gasteiger partial charge in [0.15, 0.2) is 34.4 Å². The van der Waals surface area contributed by atoms with Gasteiger partial charge in [0.05, 0.1) is 17.0 Å². The normalized spacial score (nSPS) is 20.5. The van der Waals surface area contributed by atoms with Gasteiger partial charge in [-0.05, 0) is 54.3 Å². The molecule has 0 aliphatic carbocycles. The van der Waals surface area contributed by atoms with Crippen molar-refractivity contribution in [2.24, 2.45) is 11.8 Å². The number of aliphatic hydroxyl groups is 1. The second-order valence-corrected chi connectivity index (χ2v) is 12.5. The third-order valence-electron chi connectivity index (χ3n) is 9.01. The smallest absolute Gasteiger partial charge is 0.374 e. The molecule has 4 N–H and O–H groups in total. The molecule has 2 aliphatic heterocycles. The molecule has 3 aromatic rings. The van der Waals surface area contributed by atoms with Crippen LogP contribution in [0.5, 0.6) is 40.2 Å². The molecule has 0 radical (unpaired) electrons. The minimum Gasteiger partial charge on any atom is -0.578 e. The topological polar surface area (TPSA) is 222 Å². The average Bonchev–Trinajstić information content (AvgIpc) is 3.08. The SMILES string of the molecule is CC[C@@H](C)[C@]12Oc3cc(-c4c(O)c(O)c(-c5ccc(OC(C)=O)cc5)c(OC(C)=O)c4OC(C)=O)ccc3O[N@+]1([O-])C(O)=C([C@@H](C)CC)N(O)C2=O. The first kappa shape index (κ1) is 37.4. The third kappa shape index (κ3) is 5.89. The Hall–Kier alpha value is -5.84. The van der Waals surface area contributed by atoms with Crippen molar-refractivity contribution in [2.75, 3.05) is 0 Å². The van der Waals surface area contributed by atoms with Crippen molar-refractivity contribution in [2.45, 2.75) is 67.0 Å². The number of aromatic hydroxyl groups is 2.